The van der Waals surface area contributed by atoms with E-state index in [-0.39, 0.29) is 5.97 Å². The van der Waals surface area contributed by atoms with Gasteiger partial charge in [0.1, 0.15) is 5.75 Å². The first-order chi connectivity index (χ1) is 10.2. The number of ether oxygens (including phenoxy) is 2. The molecule has 0 aromatic heterocycles. The number of carbonyl (C=O) groups is 1. The highest BCUT2D eigenvalue weighted by Gasteiger charge is 2.13. The van der Waals surface area contributed by atoms with Crippen LogP contribution in [0, 0.1) is 0 Å². The summed E-state index contributed by atoms with van der Waals surface area (Å²) in [4.78, 5) is 13.6. The predicted molar refractivity (Wildman–Crippen MR) is 82.6 cm³/mol. The van der Waals surface area contributed by atoms with Crippen LogP contribution in [-0.4, -0.2) is 43.7 Å². The smallest absolute Gasteiger partial charge is 0.320 e. The average molecular weight is 289 g/mol. The second kappa shape index (κ2) is 7.84. The monoisotopic (exact) mass is 289 g/mol. The molecule has 114 valence electrons. The number of hydrogen-bond acceptors (Lipinski definition) is 4. The average Bonchev–Trinajstić information content (AvgIpc) is 2.92. The Morgan fingerprint density at radius 3 is 3.14 bits per heavy atom. The zero-order chi connectivity index (χ0) is 15.1. The molecule has 0 saturated heterocycles. The number of hydrogen-bond donors (Lipinski definition) is 0. The van der Waals surface area contributed by atoms with E-state index in [2.05, 4.69) is 23.6 Å². The van der Waals surface area contributed by atoms with Crippen molar-refractivity contribution in [3.8, 4) is 5.75 Å². The van der Waals surface area contributed by atoms with E-state index in [0.29, 0.717) is 19.7 Å². The summed E-state index contributed by atoms with van der Waals surface area (Å²) < 4.78 is 10.5. The van der Waals surface area contributed by atoms with Gasteiger partial charge in [0.25, 0.3) is 0 Å². The molecule has 0 atom stereocenters. The van der Waals surface area contributed by atoms with Crippen LogP contribution in [-0.2, 0) is 22.4 Å². The molecule has 0 spiro atoms. The van der Waals surface area contributed by atoms with Gasteiger partial charge in [0.15, 0.2) is 0 Å². The van der Waals surface area contributed by atoms with Gasteiger partial charge in [0.05, 0.1) is 19.8 Å². The lowest BCUT2D eigenvalue weighted by Gasteiger charge is -2.19. The topological polar surface area (TPSA) is 38.8 Å². The first kappa shape index (κ1) is 15.6. The van der Waals surface area contributed by atoms with Crippen LogP contribution in [0.2, 0.25) is 0 Å². The van der Waals surface area contributed by atoms with Gasteiger partial charge in [0, 0.05) is 19.5 Å². The zero-order valence-electron chi connectivity index (χ0n) is 12.6. The largest absolute Gasteiger partial charge is 0.493 e. The standard InChI is InChI=1S/C17H23NO3/c1-3-9-18(13-17(19)20-4-2)10-7-14-5-6-16-15(12-14)8-11-21-16/h3,5-6,12H,1,4,7-11,13H2,2H3. The van der Waals surface area contributed by atoms with Crippen LogP contribution in [0.25, 0.3) is 0 Å². The number of rotatable bonds is 8. The lowest BCUT2D eigenvalue weighted by molar-refractivity contribution is -0.144. The lowest BCUT2D eigenvalue weighted by atomic mass is 10.1. The van der Waals surface area contributed by atoms with Crippen LogP contribution in [0.15, 0.2) is 30.9 Å². The van der Waals surface area contributed by atoms with Gasteiger partial charge >= 0.3 is 5.97 Å². The van der Waals surface area contributed by atoms with Gasteiger partial charge in [0.2, 0.25) is 0 Å². The first-order valence-corrected chi connectivity index (χ1v) is 7.46. The minimum atomic E-state index is -0.179. The summed E-state index contributed by atoms with van der Waals surface area (Å²) >= 11 is 0. The molecule has 1 heterocycles. The molecule has 1 aliphatic rings. The second-order valence-electron chi connectivity index (χ2n) is 5.12. The summed E-state index contributed by atoms with van der Waals surface area (Å²) in [6.45, 7) is 8.58. The van der Waals surface area contributed by atoms with E-state index in [9.17, 15) is 4.79 Å². The molecule has 0 fully saturated rings. The summed E-state index contributed by atoms with van der Waals surface area (Å²) in [6, 6.07) is 6.35. The van der Waals surface area contributed by atoms with Gasteiger partial charge in [-0.1, -0.05) is 18.2 Å². The van der Waals surface area contributed by atoms with Crippen molar-refractivity contribution in [3.05, 3.63) is 42.0 Å². The Morgan fingerprint density at radius 1 is 1.52 bits per heavy atom. The lowest BCUT2D eigenvalue weighted by Crippen LogP contribution is -2.33. The molecule has 4 heteroatoms. The molecule has 1 aromatic rings. The summed E-state index contributed by atoms with van der Waals surface area (Å²) in [6.07, 6.45) is 3.71. The Hall–Kier alpha value is -1.81. The molecule has 0 unspecified atom stereocenters. The molecule has 0 saturated carbocycles. The molecule has 0 aliphatic carbocycles. The van der Waals surface area contributed by atoms with E-state index in [1.54, 1.807) is 0 Å². The van der Waals surface area contributed by atoms with Crippen molar-refractivity contribution in [2.24, 2.45) is 0 Å². The van der Waals surface area contributed by atoms with Gasteiger partial charge in [-0.25, -0.2) is 0 Å². The minimum Gasteiger partial charge on any atom is -0.493 e. The Balaban J connectivity index is 1.88. The highest BCUT2D eigenvalue weighted by atomic mass is 16.5. The Labute approximate surface area is 126 Å². The maximum Gasteiger partial charge on any atom is 0.320 e. The van der Waals surface area contributed by atoms with Crippen LogP contribution in [0.3, 0.4) is 0 Å². The van der Waals surface area contributed by atoms with E-state index < -0.39 is 0 Å². The van der Waals surface area contributed by atoms with Crippen LogP contribution in [0.4, 0.5) is 0 Å². The van der Waals surface area contributed by atoms with Gasteiger partial charge in [-0.15, -0.1) is 6.58 Å². The van der Waals surface area contributed by atoms with Crippen molar-refractivity contribution < 1.29 is 14.3 Å². The number of benzene rings is 1. The van der Waals surface area contributed by atoms with Crippen molar-refractivity contribution in [2.45, 2.75) is 19.8 Å². The van der Waals surface area contributed by atoms with Crippen LogP contribution >= 0.6 is 0 Å². The van der Waals surface area contributed by atoms with E-state index >= 15 is 0 Å². The molecule has 0 bridgehead atoms. The fourth-order valence-corrected chi connectivity index (χ4v) is 2.49. The maximum absolute atomic E-state index is 11.6. The van der Waals surface area contributed by atoms with E-state index in [1.807, 2.05) is 19.1 Å². The van der Waals surface area contributed by atoms with E-state index in [4.69, 9.17) is 9.47 Å². The highest BCUT2D eigenvalue weighted by molar-refractivity contribution is 5.71. The summed E-state index contributed by atoms with van der Waals surface area (Å²) in [7, 11) is 0. The SMILES string of the molecule is C=CCN(CCc1ccc2c(c1)CCO2)CC(=O)OCC. The molecule has 21 heavy (non-hydrogen) atoms. The molecule has 1 aliphatic heterocycles. The summed E-state index contributed by atoms with van der Waals surface area (Å²) in [5, 5.41) is 0. The van der Waals surface area contributed by atoms with E-state index in [1.165, 1.54) is 11.1 Å². The zero-order valence-corrected chi connectivity index (χ0v) is 12.6. The van der Waals surface area contributed by atoms with Crippen LogP contribution < -0.4 is 4.74 Å². The summed E-state index contributed by atoms with van der Waals surface area (Å²) in [5.41, 5.74) is 2.56. The van der Waals surface area contributed by atoms with Crippen LogP contribution in [0.5, 0.6) is 5.75 Å². The van der Waals surface area contributed by atoms with Crippen molar-refractivity contribution in [1.29, 1.82) is 0 Å². The first-order valence-electron chi connectivity index (χ1n) is 7.46. The van der Waals surface area contributed by atoms with Gasteiger partial charge in [-0.2, -0.15) is 0 Å². The van der Waals surface area contributed by atoms with Crippen molar-refractivity contribution in [3.63, 3.8) is 0 Å². The van der Waals surface area contributed by atoms with Crippen molar-refractivity contribution in [2.75, 3.05) is 32.8 Å². The predicted octanol–water partition coefficient (Wildman–Crippen LogP) is 2.22. The Morgan fingerprint density at radius 2 is 2.38 bits per heavy atom. The minimum absolute atomic E-state index is 0.179. The third kappa shape index (κ3) is 4.60. The molecular weight excluding hydrogens is 266 g/mol. The Bertz CT molecular complexity index is 499. The molecule has 0 radical (unpaired) electrons. The van der Waals surface area contributed by atoms with Gasteiger partial charge in [-0.3, -0.25) is 9.69 Å². The highest BCUT2D eigenvalue weighted by Crippen LogP contribution is 2.26. The molecular formula is C17H23NO3. The van der Waals surface area contributed by atoms with Gasteiger partial charge in [-0.05, 0) is 30.5 Å². The molecule has 4 nitrogen and oxygen atoms in total. The van der Waals surface area contributed by atoms with Crippen molar-refractivity contribution >= 4 is 5.97 Å². The molecule has 2 rings (SSSR count). The fraction of sp³-hybridized carbons (Fsp3) is 0.471. The normalized spacial score (nSPS) is 12.9. The summed E-state index contributed by atoms with van der Waals surface area (Å²) in [5.74, 6) is 0.829. The quantitative estimate of drug-likeness (QED) is 0.543. The van der Waals surface area contributed by atoms with Crippen molar-refractivity contribution in [1.82, 2.24) is 4.90 Å². The molecule has 1 aromatic carbocycles. The van der Waals surface area contributed by atoms with Crippen LogP contribution in [0.1, 0.15) is 18.1 Å². The third-order valence-electron chi connectivity index (χ3n) is 3.52. The van der Waals surface area contributed by atoms with Gasteiger partial charge < -0.3 is 9.47 Å². The number of fused-ring (bicyclic) bond motifs is 1. The Kier molecular flexibility index (Phi) is 5.81. The molecule has 0 amide bonds. The van der Waals surface area contributed by atoms with E-state index in [0.717, 1.165) is 31.7 Å². The molecule has 0 N–H and O–H groups in total. The third-order valence-corrected chi connectivity index (χ3v) is 3.52. The number of carbonyl (C=O) groups excluding carboxylic acids is 1. The fourth-order valence-electron chi connectivity index (χ4n) is 2.49. The second-order valence-corrected chi connectivity index (χ2v) is 5.12. The maximum atomic E-state index is 11.6. The number of esters is 1. The number of nitrogens with zero attached hydrogens (tertiary/aromatic N) is 1.